The number of primary amides is 1. The molecule has 1 saturated heterocycles. The van der Waals surface area contributed by atoms with Crippen molar-refractivity contribution >= 4 is 17.9 Å². The van der Waals surface area contributed by atoms with Crippen LogP contribution in [0.1, 0.15) is 32.1 Å². The van der Waals surface area contributed by atoms with Crippen LogP contribution < -0.4 is 11.1 Å². The third-order valence-electron chi connectivity index (χ3n) is 3.22. The average Bonchev–Trinajstić information content (AvgIpc) is 2.82. The number of nitrogens with two attached hydrogens (primary N) is 1. The average molecular weight is 271 g/mol. The molecule has 4 N–H and O–H groups in total. The van der Waals surface area contributed by atoms with Crippen LogP contribution in [0.2, 0.25) is 0 Å². The summed E-state index contributed by atoms with van der Waals surface area (Å²) in [6.45, 7) is 1.47. The van der Waals surface area contributed by atoms with Gasteiger partial charge in [-0.15, -0.1) is 0 Å². The van der Waals surface area contributed by atoms with Crippen molar-refractivity contribution in [1.29, 1.82) is 0 Å². The zero-order chi connectivity index (χ0) is 14.3. The normalized spacial score (nSPS) is 18.3. The Morgan fingerprint density at radius 1 is 1.26 bits per heavy atom. The number of amides is 3. The molecule has 108 valence electrons. The van der Waals surface area contributed by atoms with Gasteiger partial charge in [-0.2, -0.15) is 0 Å². The number of carboxylic acid groups (broad SMARTS) is 1. The molecule has 1 rings (SSSR count). The van der Waals surface area contributed by atoms with Gasteiger partial charge in [0.1, 0.15) is 0 Å². The summed E-state index contributed by atoms with van der Waals surface area (Å²) in [6, 6.07) is -0.179. The maximum Gasteiger partial charge on any atom is 0.317 e. The minimum atomic E-state index is -0.793. The molecule has 0 radical (unpaired) electrons. The van der Waals surface area contributed by atoms with Gasteiger partial charge in [-0.25, -0.2) is 4.79 Å². The second-order valence-electron chi connectivity index (χ2n) is 4.77. The first-order chi connectivity index (χ1) is 9.00. The molecule has 1 heterocycles. The Bertz CT molecular complexity index is 346. The molecule has 0 bridgehead atoms. The van der Waals surface area contributed by atoms with Gasteiger partial charge < -0.3 is 21.1 Å². The number of likely N-dealkylation sites (tertiary alicyclic amines) is 1. The highest BCUT2D eigenvalue weighted by Crippen LogP contribution is 2.15. The molecule has 3 amide bonds. The molecule has 0 aromatic heterocycles. The van der Waals surface area contributed by atoms with Gasteiger partial charge in [-0.1, -0.05) is 6.42 Å². The highest BCUT2D eigenvalue weighted by Gasteiger charge is 2.29. The van der Waals surface area contributed by atoms with Gasteiger partial charge in [0.05, 0.1) is 5.92 Å². The third kappa shape index (κ3) is 5.58. The molecule has 0 aliphatic carbocycles. The topological polar surface area (TPSA) is 113 Å². The van der Waals surface area contributed by atoms with Crippen molar-refractivity contribution in [3.63, 3.8) is 0 Å². The Morgan fingerprint density at radius 2 is 2.00 bits per heavy atom. The third-order valence-corrected chi connectivity index (χ3v) is 3.22. The van der Waals surface area contributed by atoms with Crippen LogP contribution in [-0.2, 0) is 9.59 Å². The van der Waals surface area contributed by atoms with Crippen LogP contribution in [0.5, 0.6) is 0 Å². The first-order valence-corrected chi connectivity index (χ1v) is 6.54. The van der Waals surface area contributed by atoms with E-state index < -0.39 is 5.97 Å². The molecule has 1 atom stereocenters. The summed E-state index contributed by atoms with van der Waals surface area (Å²) in [7, 11) is 0. The van der Waals surface area contributed by atoms with E-state index in [1.807, 2.05) is 0 Å². The summed E-state index contributed by atoms with van der Waals surface area (Å²) < 4.78 is 0. The summed E-state index contributed by atoms with van der Waals surface area (Å²) >= 11 is 0. The van der Waals surface area contributed by atoms with Crippen molar-refractivity contribution in [3.05, 3.63) is 0 Å². The van der Waals surface area contributed by atoms with Gasteiger partial charge in [0.2, 0.25) is 5.91 Å². The summed E-state index contributed by atoms with van der Waals surface area (Å²) in [5.74, 6) is -1.39. The van der Waals surface area contributed by atoms with E-state index in [-0.39, 0.29) is 24.3 Å². The van der Waals surface area contributed by atoms with E-state index in [9.17, 15) is 14.4 Å². The van der Waals surface area contributed by atoms with Gasteiger partial charge in [0.15, 0.2) is 0 Å². The number of hydrogen-bond donors (Lipinski definition) is 3. The number of carbonyl (C=O) groups is 3. The van der Waals surface area contributed by atoms with E-state index in [4.69, 9.17) is 10.8 Å². The second-order valence-corrected chi connectivity index (χ2v) is 4.77. The molecule has 0 saturated carbocycles. The predicted molar refractivity (Wildman–Crippen MR) is 68.4 cm³/mol. The largest absolute Gasteiger partial charge is 0.481 e. The highest BCUT2D eigenvalue weighted by molar-refractivity contribution is 5.80. The molecule has 1 aliphatic rings. The van der Waals surface area contributed by atoms with Crippen LogP contribution >= 0.6 is 0 Å². The molecule has 0 spiro atoms. The van der Waals surface area contributed by atoms with Crippen LogP contribution in [0.15, 0.2) is 0 Å². The number of nitrogens with one attached hydrogen (secondary N) is 1. The molecule has 1 unspecified atom stereocenters. The summed E-state index contributed by atoms with van der Waals surface area (Å²) in [5.41, 5.74) is 5.19. The monoisotopic (exact) mass is 271 g/mol. The SMILES string of the molecule is NC(=O)C1CCN(C(=O)NCCCCCC(=O)O)C1. The highest BCUT2D eigenvalue weighted by atomic mass is 16.4. The first kappa shape index (κ1) is 15.3. The molecular weight excluding hydrogens is 250 g/mol. The summed E-state index contributed by atoms with van der Waals surface area (Å²) in [4.78, 5) is 34.6. The lowest BCUT2D eigenvalue weighted by Crippen LogP contribution is -2.39. The van der Waals surface area contributed by atoms with Crippen LogP contribution in [0.3, 0.4) is 0 Å². The maximum atomic E-state index is 11.7. The standard InChI is InChI=1S/C12H21N3O4/c13-11(18)9-5-7-15(8-9)12(19)14-6-3-1-2-4-10(16)17/h9H,1-8H2,(H2,13,18)(H,14,19)(H,16,17). The predicted octanol–water partition coefficient (Wildman–Crippen LogP) is 0.148. The number of urea groups is 1. The van der Waals surface area contributed by atoms with Gasteiger partial charge >= 0.3 is 12.0 Å². The Kier molecular flexibility index (Phi) is 6.11. The van der Waals surface area contributed by atoms with Crippen LogP contribution in [0.4, 0.5) is 4.79 Å². The Hall–Kier alpha value is -1.79. The molecular formula is C12H21N3O4. The number of aliphatic carboxylic acids is 1. The zero-order valence-corrected chi connectivity index (χ0v) is 10.9. The fourth-order valence-electron chi connectivity index (χ4n) is 2.06. The summed E-state index contributed by atoms with van der Waals surface area (Å²) in [5, 5.41) is 11.2. The smallest absolute Gasteiger partial charge is 0.317 e. The van der Waals surface area contributed by atoms with E-state index in [2.05, 4.69) is 5.32 Å². The first-order valence-electron chi connectivity index (χ1n) is 6.54. The van der Waals surface area contributed by atoms with Crippen LogP contribution in [0.25, 0.3) is 0 Å². The fraction of sp³-hybridized carbons (Fsp3) is 0.750. The van der Waals surface area contributed by atoms with Gasteiger partial charge in [-0.05, 0) is 19.3 Å². The second kappa shape index (κ2) is 7.60. The van der Waals surface area contributed by atoms with Crippen molar-refractivity contribution in [2.45, 2.75) is 32.1 Å². The number of nitrogens with zero attached hydrogens (tertiary/aromatic N) is 1. The van der Waals surface area contributed by atoms with Crippen molar-refractivity contribution in [2.75, 3.05) is 19.6 Å². The van der Waals surface area contributed by atoms with E-state index in [0.717, 1.165) is 12.8 Å². The molecule has 1 fully saturated rings. The van der Waals surface area contributed by atoms with Crippen molar-refractivity contribution in [3.8, 4) is 0 Å². The zero-order valence-electron chi connectivity index (χ0n) is 10.9. The Balaban J connectivity index is 2.08. The molecule has 0 aromatic rings. The lowest BCUT2D eigenvalue weighted by Gasteiger charge is -2.16. The molecule has 7 heteroatoms. The number of rotatable bonds is 7. The molecule has 1 aliphatic heterocycles. The van der Waals surface area contributed by atoms with Gasteiger partial charge in [0.25, 0.3) is 0 Å². The van der Waals surface area contributed by atoms with Crippen molar-refractivity contribution in [1.82, 2.24) is 10.2 Å². The Labute approximate surface area is 112 Å². The van der Waals surface area contributed by atoms with Crippen LogP contribution in [0, 0.1) is 5.92 Å². The minimum absolute atomic E-state index is 0.167. The number of hydrogen-bond acceptors (Lipinski definition) is 3. The van der Waals surface area contributed by atoms with E-state index in [1.165, 1.54) is 0 Å². The summed E-state index contributed by atoms with van der Waals surface area (Å²) in [6.07, 6.45) is 2.95. The number of carbonyl (C=O) groups excluding carboxylic acids is 2. The number of unbranched alkanes of at least 4 members (excludes halogenated alkanes) is 2. The molecule has 0 aromatic carbocycles. The van der Waals surface area contributed by atoms with Crippen LogP contribution in [-0.4, -0.2) is 47.5 Å². The molecule has 7 nitrogen and oxygen atoms in total. The van der Waals surface area contributed by atoms with E-state index in [1.54, 1.807) is 4.90 Å². The Morgan fingerprint density at radius 3 is 2.58 bits per heavy atom. The van der Waals surface area contributed by atoms with Gasteiger partial charge in [-0.3, -0.25) is 9.59 Å². The fourth-order valence-corrected chi connectivity index (χ4v) is 2.06. The minimum Gasteiger partial charge on any atom is -0.481 e. The number of carboxylic acids is 1. The van der Waals surface area contributed by atoms with E-state index in [0.29, 0.717) is 32.5 Å². The maximum absolute atomic E-state index is 11.7. The van der Waals surface area contributed by atoms with Gasteiger partial charge in [0, 0.05) is 26.1 Å². The van der Waals surface area contributed by atoms with Crippen molar-refractivity contribution in [2.24, 2.45) is 11.7 Å². The van der Waals surface area contributed by atoms with Crippen molar-refractivity contribution < 1.29 is 19.5 Å². The lowest BCUT2D eigenvalue weighted by molar-refractivity contribution is -0.137. The lowest BCUT2D eigenvalue weighted by atomic mass is 10.1. The molecule has 19 heavy (non-hydrogen) atoms. The quantitative estimate of drug-likeness (QED) is 0.572. The van der Waals surface area contributed by atoms with E-state index >= 15 is 0 Å².